The molecular weight excluding hydrogens is 650 g/mol. The molecule has 3 unspecified atom stereocenters. The first-order valence-corrected chi connectivity index (χ1v) is 18.0. The van der Waals surface area contributed by atoms with Gasteiger partial charge in [0.25, 0.3) is 0 Å². The Bertz CT molecular complexity index is 1230. The van der Waals surface area contributed by atoms with Crippen LogP contribution in [0.3, 0.4) is 0 Å². The number of nitrogens with zero attached hydrogens (tertiary/aromatic N) is 1. The van der Waals surface area contributed by atoms with E-state index in [1.807, 2.05) is 13.8 Å². The van der Waals surface area contributed by atoms with Crippen LogP contribution in [0.25, 0.3) is 0 Å². The number of hydrogen-bond donors (Lipinski definition) is 3. The fourth-order valence-corrected chi connectivity index (χ4v) is 6.74. The molecule has 2 aliphatic rings. The van der Waals surface area contributed by atoms with Gasteiger partial charge in [-0.3, -0.25) is 33.6 Å². The van der Waals surface area contributed by atoms with Crippen molar-refractivity contribution in [2.24, 2.45) is 35.3 Å². The molecule has 50 heavy (non-hydrogen) atoms. The summed E-state index contributed by atoms with van der Waals surface area (Å²) in [5.74, 6) is -7.65. The molecule has 0 aromatic carbocycles. The van der Waals surface area contributed by atoms with Crippen molar-refractivity contribution in [3.63, 3.8) is 0 Å². The van der Waals surface area contributed by atoms with Crippen molar-refractivity contribution in [3.8, 4) is 0 Å². The molecule has 2 rings (SSSR count). The lowest BCUT2D eigenvalue weighted by atomic mass is 9.83. The van der Waals surface area contributed by atoms with Crippen molar-refractivity contribution < 1.29 is 52.9 Å². The second kappa shape index (κ2) is 20.9. The van der Waals surface area contributed by atoms with Gasteiger partial charge in [0.15, 0.2) is 11.6 Å². The van der Waals surface area contributed by atoms with Gasteiger partial charge in [0.05, 0.1) is 31.1 Å². The van der Waals surface area contributed by atoms with Gasteiger partial charge in [-0.05, 0) is 37.0 Å². The Kier molecular flexibility index (Phi) is 17.7. The van der Waals surface area contributed by atoms with Gasteiger partial charge in [-0.2, -0.15) is 0 Å². The van der Waals surface area contributed by atoms with Crippen LogP contribution in [-0.4, -0.2) is 95.0 Å². The summed E-state index contributed by atoms with van der Waals surface area (Å²) in [5.41, 5.74) is 5.55. The van der Waals surface area contributed by atoms with Crippen LogP contribution in [-0.2, 0) is 47.8 Å². The number of rotatable bonds is 22. The SMILES string of the molecule is CCCC(CC(=O)[C@@H]1C[C@@H](OCC(=O)O)CN1C(=O)C(CC(=O)OCC(C)C)C(C)C)C(=O)C(=O)CCC(=O)NC(C(N)=O)C1CCCCC1. The lowest BCUT2D eigenvalue weighted by Gasteiger charge is -2.30. The van der Waals surface area contributed by atoms with Crippen molar-refractivity contribution >= 4 is 47.0 Å². The number of ketones is 3. The van der Waals surface area contributed by atoms with E-state index in [-0.39, 0.29) is 63.0 Å². The highest BCUT2D eigenvalue weighted by Crippen LogP contribution is 2.30. The summed E-state index contributed by atoms with van der Waals surface area (Å²) in [4.78, 5) is 104. The molecule has 14 nitrogen and oxygen atoms in total. The predicted octanol–water partition coefficient (Wildman–Crippen LogP) is 2.76. The summed E-state index contributed by atoms with van der Waals surface area (Å²) in [6.07, 6.45) is 3.06. The molecular formula is C36H57N3O11. The lowest BCUT2D eigenvalue weighted by Crippen LogP contribution is -2.49. The molecule has 0 bridgehead atoms. The molecule has 2 fully saturated rings. The molecule has 1 aliphatic heterocycles. The Balaban J connectivity index is 2.14. The average Bonchev–Trinajstić information content (AvgIpc) is 3.50. The lowest BCUT2D eigenvalue weighted by molar-refractivity contribution is -0.152. The van der Waals surface area contributed by atoms with Gasteiger partial charge in [0.1, 0.15) is 12.6 Å². The van der Waals surface area contributed by atoms with E-state index in [1.165, 1.54) is 4.90 Å². The molecule has 14 heteroatoms. The zero-order valence-electron chi connectivity index (χ0n) is 30.3. The number of nitrogens with one attached hydrogen (secondary N) is 1. The third-order valence-electron chi connectivity index (χ3n) is 9.50. The van der Waals surface area contributed by atoms with Gasteiger partial charge >= 0.3 is 11.9 Å². The number of carboxylic acid groups (broad SMARTS) is 1. The van der Waals surface area contributed by atoms with Crippen molar-refractivity contribution in [2.75, 3.05) is 19.8 Å². The fraction of sp³-hybridized carbons (Fsp3) is 0.778. The summed E-state index contributed by atoms with van der Waals surface area (Å²) >= 11 is 0. The van der Waals surface area contributed by atoms with Crippen LogP contribution in [0.15, 0.2) is 0 Å². The standard InChI is InChI=1S/C36H57N3O11/c1-6-10-24(34(46)28(40)13-14-30(42)38-33(35(37)47)23-11-8-7-9-12-23)15-29(41)27-16-25(49-20-31(43)44)18-39(27)36(48)26(22(4)5)17-32(45)50-19-21(2)3/h21-27,33H,6-20H2,1-5H3,(H2,37,47)(H,38,42)(H,43,44)/t24?,25-,26?,27+,33?/m1/s1. The maximum absolute atomic E-state index is 13.9. The number of hydrogen-bond acceptors (Lipinski definition) is 10. The van der Waals surface area contributed by atoms with E-state index in [2.05, 4.69) is 5.32 Å². The van der Waals surface area contributed by atoms with Crippen molar-refractivity contribution in [3.05, 3.63) is 0 Å². The van der Waals surface area contributed by atoms with Crippen LogP contribution >= 0.6 is 0 Å². The third kappa shape index (κ3) is 13.6. The first-order valence-electron chi connectivity index (χ1n) is 18.0. The smallest absolute Gasteiger partial charge is 0.329 e. The number of nitrogens with two attached hydrogens (primary N) is 1. The molecule has 282 valence electrons. The number of Topliss-reactive ketones (excluding diaryl/α,β-unsaturated/α-hetero) is 3. The van der Waals surface area contributed by atoms with Crippen molar-refractivity contribution in [2.45, 2.75) is 130 Å². The number of carboxylic acids is 1. The largest absolute Gasteiger partial charge is 0.480 e. The normalized spacial score (nSPS) is 19.9. The van der Waals surface area contributed by atoms with Crippen LogP contribution in [0.4, 0.5) is 0 Å². The molecule has 0 aromatic heterocycles. The summed E-state index contributed by atoms with van der Waals surface area (Å²) in [5, 5.41) is 11.8. The Morgan fingerprint density at radius 3 is 2.16 bits per heavy atom. The first-order chi connectivity index (χ1) is 23.5. The molecule has 0 aromatic rings. The number of amides is 3. The molecule has 1 saturated carbocycles. The zero-order valence-corrected chi connectivity index (χ0v) is 30.3. The molecule has 0 radical (unpaired) electrons. The van der Waals surface area contributed by atoms with Crippen molar-refractivity contribution in [1.29, 1.82) is 0 Å². The number of esters is 1. The Morgan fingerprint density at radius 2 is 1.60 bits per heavy atom. The first kappa shape index (κ1) is 42.5. The van der Waals surface area contributed by atoms with E-state index < -0.39 is 90.1 Å². The molecule has 1 heterocycles. The average molecular weight is 708 g/mol. The predicted molar refractivity (Wildman–Crippen MR) is 181 cm³/mol. The Labute approximate surface area is 294 Å². The quantitative estimate of drug-likeness (QED) is 0.110. The molecule has 0 spiro atoms. The highest BCUT2D eigenvalue weighted by atomic mass is 16.5. The monoisotopic (exact) mass is 707 g/mol. The Morgan fingerprint density at radius 1 is 0.940 bits per heavy atom. The number of ether oxygens (including phenoxy) is 2. The van der Waals surface area contributed by atoms with Crippen LogP contribution in [0.2, 0.25) is 0 Å². The van der Waals surface area contributed by atoms with E-state index in [0.717, 1.165) is 32.1 Å². The third-order valence-corrected chi connectivity index (χ3v) is 9.50. The van der Waals surface area contributed by atoms with Crippen molar-refractivity contribution in [1.82, 2.24) is 10.2 Å². The second-order valence-corrected chi connectivity index (χ2v) is 14.5. The van der Waals surface area contributed by atoms with Gasteiger partial charge in [-0.25, -0.2) is 4.79 Å². The van der Waals surface area contributed by atoms with Crippen LogP contribution in [0.1, 0.15) is 112 Å². The minimum atomic E-state index is -1.22. The number of carbonyl (C=O) groups excluding carboxylic acids is 7. The number of aliphatic carboxylic acids is 1. The number of carbonyl (C=O) groups is 8. The molecule has 5 atom stereocenters. The van der Waals surface area contributed by atoms with Gasteiger partial charge < -0.3 is 30.5 Å². The van der Waals surface area contributed by atoms with E-state index in [1.54, 1.807) is 20.8 Å². The summed E-state index contributed by atoms with van der Waals surface area (Å²) < 4.78 is 10.8. The maximum atomic E-state index is 13.9. The van der Waals surface area contributed by atoms with Crippen LogP contribution < -0.4 is 11.1 Å². The number of primary amides is 1. The summed E-state index contributed by atoms with van der Waals surface area (Å²) in [6, 6.07) is -1.91. The van der Waals surface area contributed by atoms with E-state index in [4.69, 9.17) is 20.3 Å². The second-order valence-electron chi connectivity index (χ2n) is 14.5. The summed E-state index contributed by atoms with van der Waals surface area (Å²) in [6.45, 7) is 8.59. The maximum Gasteiger partial charge on any atom is 0.329 e. The van der Waals surface area contributed by atoms with Gasteiger partial charge in [0.2, 0.25) is 23.5 Å². The van der Waals surface area contributed by atoms with Gasteiger partial charge in [0, 0.05) is 38.1 Å². The topological polar surface area (TPSA) is 217 Å². The van der Waals surface area contributed by atoms with E-state index in [0.29, 0.717) is 6.42 Å². The minimum Gasteiger partial charge on any atom is -0.480 e. The van der Waals surface area contributed by atoms with E-state index >= 15 is 0 Å². The molecule has 4 N–H and O–H groups in total. The molecule has 1 saturated heterocycles. The van der Waals surface area contributed by atoms with Crippen LogP contribution in [0, 0.1) is 29.6 Å². The molecule has 1 aliphatic carbocycles. The highest BCUT2D eigenvalue weighted by molar-refractivity contribution is 6.38. The minimum absolute atomic E-state index is 0.0103. The zero-order chi connectivity index (χ0) is 37.5. The Hall–Kier alpha value is -3.68. The van der Waals surface area contributed by atoms with Gasteiger partial charge in [-0.15, -0.1) is 0 Å². The summed E-state index contributed by atoms with van der Waals surface area (Å²) in [7, 11) is 0. The van der Waals surface area contributed by atoms with Crippen LogP contribution in [0.5, 0.6) is 0 Å². The van der Waals surface area contributed by atoms with E-state index in [9.17, 15) is 38.4 Å². The number of likely N-dealkylation sites (tertiary alicyclic amines) is 1. The highest BCUT2D eigenvalue weighted by Gasteiger charge is 2.44. The van der Waals surface area contributed by atoms with Gasteiger partial charge in [-0.1, -0.05) is 60.3 Å². The molecule has 3 amide bonds. The fourth-order valence-electron chi connectivity index (χ4n) is 6.74.